The van der Waals surface area contributed by atoms with Crippen LogP contribution in [0.15, 0.2) is 24.3 Å². The SMILES string of the molecule is CCCN1CCN(CC(=O)Nc2ccccc2CC)CC1. The molecule has 0 aromatic heterocycles. The van der Waals surface area contributed by atoms with Gasteiger partial charge in [0.15, 0.2) is 0 Å². The van der Waals surface area contributed by atoms with E-state index < -0.39 is 0 Å². The number of amides is 1. The molecule has 1 aliphatic heterocycles. The van der Waals surface area contributed by atoms with Gasteiger partial charge in [0.1, 0.15) is 0 Å². The summed E-state index contributed by atoms with van der Waals surface area (Å²) in [5, 5.41) is 3.05. The number of carbonyl (C=O) groups is 1. The average Bonchev–Trinajstić information content (AvgIpc) is 2.50. The first-order valence-electron chi connectivity index (χ1n) is 8.05. The molecule has 0 aliphatic carbocycles. The Hall–Kier alpha value is -1.39. The van der Waals surface area contributed by atoms with Crippen molar-refractivity contribution in [1.82, 2.24) is 9.80 Å². The molecule has 116 valence electrons. The standard InChI is InChI=1S/C17H27N3O/c1-3-9-19-10-12-20(13-11-19)14-17(21)18-16-8-6-5-7-15(16)4-2/h5-8H,3-4,9-14H2,1-2H3,(H,18,21). The molecule has 4 heteroatoms. The molecule has 1 aromatic rings. The molecule has 1 heterocycles. The van der Waals surface area contributed by atoms with Crippen molar-refractivity contribution < 1.29 is 4.79 Å². The Morgan fingerprint density at radius 1 is 1.10 bits per heavy atom. The number of para-hydroxylation sites is 1. The smallest absolute Gasteiger partial charge is 0.238 e. The Kier molecular flexibility index (Phi) is 6.21. The molecular formula is C17H27N3O. The zero-order valence-electron chi connectivity index (χ0n) is 13.3. The van der Waals surface area contributed by atoms with Crippen molar-refractivity contribution in [3.63, 3.8) is 0 Å². The molecule has 0 spiro atoms. The van der Waals surface area contributed by atoms with E-state index in [1.165, 1.54) is 18.5 Å². The lowest BCUT2D eigenvalue weighted by Crippen LogP contribution is -2.48. The van der Waals surface area contributed by atoms with Crippen molar-refractivity contribution in [1.29, 1.82) is 0 Å². The van der Waals surface area contributed by atoms with Gasteiger partial charge in [-0.1, -0.05) is 32.0 Å². The molecule has 4 nitrogen and oxygen atoms in total. The fourth-order valence-electron chi connectivity index (χ4n) is 2.83. The number of nitrogens with zero attached hydrogens (tertiary/aromatic N) is 2. The predicted octanol–water partition coefficient (Wildman–Crippen LogP) is 2.22. The summed E-state index contributed by atoms with van der Waals surface area (Å²) in [4.78, 5) is 16.9. The Balaban J connectivity index is 1.80. The van der Waals surface area contributed by atoms with E-state index in [4.69, 9.17) is 0 Å². The fourth-order valence-corrected chi connectivity index (χ4v) is 2.83. The number of rotatable bonds is 6. The largest absolute Gasteiger partial charge is 0.325 e. The number of hydrogen-bond acceptors (Lipinski definition) is 3. The van der Waals surface area contributed by atoms with Crippen molar-refractivity contribution in [2.45, 2.75) is 26.7 Å². The summed E-state index contributed by atoms with van der Waals surface area (Å²) < 4.78 is 0. The minimum absolute atomic E-state index is 0.0971. The van der Waals surface area contributed by atoms with Crippen LogP contribution >= 0.6 is 0 Å². The third kappa shape index (κ3) is 4.83. The van der Waals surface area contributed by atoms with Crippen LogP contribution in [0.2, 0.25) is 0 Å². The lowest BCUT2D eigenvalue weighted by atomic mass is 10.1. The maximum absolute atomic E-state index is 12.2. The fraction of sp³-hybridized carbons (Fsp3) is 0.588. The maximum Gasteiger partial charge on any atom is 0.238 e. The van der Waals surface area contributed by atoms with Crippen LogP contribution in [0, 0.1) is 0 Å². The second kappa shape index (κ2) is 8.15. The highest BCUT2D eigenvalue weighted by Crippen LogP contribution is 2.15. The predicted molar refractivity (Wildman–Crippen MR) is 87.6 cm³/mol. The first-order valence-corrected chi connectivity index (χ1v) is 8.05. The normalized spacial score (nSPS) is 16.9. The highest BCUT2D eigenvalue weighted by atomic mass is 16.2. The van der Waals surface area contributed by atoms with E-state index in [1.54, 1.807) is 0 Å². The molecule has 21 heavy (non-hydrogen) atoms. The molecular weight excluding hydrogens is 262 g/mol. The van der Waals surface area contributed by atoms with Crippen LogP contribution in [0.4, 0.5) is 5.69 Å². The van der Waals surface area contributed by atoms with Crippen LogP contribution in [0.25, 0.3) is 0 Å². The highest BCUT2D eigenvalue weighted by molar-refractivity contribution is 5.93. The van der Waals surface area contributed by atoms with Crippen LogP contribution in [-0.2, 0) is 11.2 Å². The third-order valence-electron chi connectivity index (χ3n) is 4.04. The number of anilines is 1. The number of hydrogen-bond donors (Lipinski definition) is 1. The first-order chi connectivity index (χ1) is 10.2. The Morgan fingerprint density at radius 2 is 1.76 bits per heavy atom. The molecule has 0 bridgehead atoms. The second-order valence-electron chi connectivity index (χ2n) is 5.68. The summed E-state index contributed by atoms with van der Waals surface area (Å²) in [6.45, 7) is 10.1. The Labute approximate surface area is 128 Å². The van der Waals surface area contributed by atoms with Gasteiger partial charge >= 0.3 is 0 Å². The van der Waals surface area contributed by atoms with Gasteiger partial charge in [-0.2, -0.15) is 0 Å². The van der Waals surface area contributed by atoms with Crippen molar-refractivity contribution in [3.8, 4) is 0 Å². The summed E-state index contributed by atoms with van der Waals surface area (Å²) in [6, 6.07) is 8.04. The Morgan fingerprint density at radius 3 is 2.43 bits per heavy atom. The van der Waals surface area contributed by atoms with Gasteiger partial charge in [-0.3, -0.25) is 9.69 Å². The van der Waals surface area contributed by atoms with Gasteiger partial charge in [-0.05, 0) is 31.0 Å². The van der Waals surface area contributed by atoms with Crippen LogP contribution in [0.3, 0.4) is 0 Å². The maximum atomic E-state index is 12.2. The molecule has 1 N–H and O–H groups in total. The van der Waals surface area contributed by atoms with E-state index in [9.17, 15) is 4.79 Å². The van der Waals surface area contributed by atoms with Gasteiger partial charge in [-0.25, -0.2) is 0 Å². The van der Waals surface area contributed by atoms with E-state index in [0.29, 0.717) is 6.54 Å². The van der Waals surface area contributed by atoms with E-state index in [1.807, 2.05) is 18.2 Å². The molecule has 1 aliphatic rings. The highest BCUT2D eigenvalue weighted by Gasteiger charge is 2.18. The van der Waals surface area contributed by atoms with Gasteiger partial charge < -0.3 is 10.2 Å². The van der Waals surface area contributed by atoms with Gasteiger partial charge in [0, 0.05) is 31.9 Å². The molecule has 2 rings (SSSR count). The van der Waals surface area contributed by atoms with Crippen LogP contribution < -0.4 is 5.32 Å². The van der Waals surface area contributed by atoms with E-state index in [-0.39, 0.29) is 5.91 Å². The average molecular weight is 289 g/mol. The topological polar surface area (TPSA) is 35.6 Å². The summed E-state index contributed by atoms with van der Waals surface area (Å²) in [7, 11) is 0. The molecule has 1 saturated heterocycles. The number of benzene rings is 1. The quantitative estimate of drug-likeness (QED) is 0.872. The second-order valence-corrected chi connectivity index (χ2v) is 5.68. The van der Waals surface area contributed by atoms with Crippen LogP contribution in [0.5, 0.6) is 0 Å². The molecule has 0 unspecified atom stereocenters. The molecule has 0 atom stereocenters. The molecule has 1 amide bonds. The summed E-state index contributed by atoms with van der Waals surface area (Å²) >= 11 is 0. The van der Waals surface area contributed by atoms with Gasteiger partial charge in [0.25, 0.3) is 0 Å². The number of piperazine rings is 1. The molecule has 0 radical (unpaired) electrons. The van der Waals surface area contributed by atoms with E-state index >= 15 is 0 Å². The number of nitrogens with one attached hydrogen (secondary N) is 1. The summed E-state index contributed by atoms with van der Waals surface area (Å²) in [5.74, 6) is 0.0971. The lowest BCUT2D eigenvalue weighted by Gasteiger charge is -2.34. The van der Waals surface area contributed by atoms with E-state index in [2.05, 4.69) is 35.0 Å². The van der Waals surface area contributed by atoms with E-state index in [0.717, 1.165) is 38.3 Å². The zero-order chi connectivity index (χ0) is 15.1. The van der Waals surface area contributed by atoms with Gasteiger partial charge in [0.05, 0.1) is 6.54 Å². The third-order valence-corrected chi connectivity index (χ3v) is 4.04. The first kappa shape index (κ1) is 16.0. The van der Waals surface area contributed by atoms with Crippen molar-refractivity contribution in [3.05, 3.63) is 29.8 Å². The monoisotopic (exact) mass is 289 g/mol. The van der Waals surface area contributed by atoms with Crippen molar-refractivity contribution in [2.24, 2.45) is 0 Å². The van der Waals surface area contributed by atoms with Gasteiger partial charge in [0.2, 0.25) is 5.91 Å². The minimum atomic E-state index is 0.0971. The zero-order valence-corrected chi connectivity index (χ0v) is 13.3. The van der Waals surface area contributed by atoms with Crippen molar-refractivity contribution in [2.75, 3.05) is 44.6 Å². The van der Waals surface area contributed by atoms with Crippen molar-refractivity contribution >= 4 is 11.6 Å². The summed E-state index contributed by atoms with van der Waals surface area (Å²) in [5.41, 5.74) is 2.15. The number of aryl methyl sites for hydroxylation is 1. The minimum Gasteiger partial charge on any atom is -0.325 e. The van der Waals surface area contributed by atoms with Gasteiger partial charge in [-0.15, -0.1) is 0 Å². The lowest BCUT2D eigenvalue weighted by molar-refractivity contribution is -0.117. The molecule has 0 saturated carbocycles. The Bertz CT molecular complexity index is 453. The van der Waals surface area contributed by atoms with Crippen LogP contribution in [-0.4, -0.2) is 55.0 Å². The molecule has 1 aromatic carbocycles. The number of carbonyl (C=O) groups excluding carboxylic acids is 1. The summed E-state index contributed by atoms with van der Waals surface area (Å²) in [6.07, 6.45) is 2.14. The van der Waals surface area contributed by atoms with Crippen LogP contribution in [0.1, 0.15) is 25.8 Å². The molecule has 1 fully saturated rings.